The normalized spacial score (nSPS) is 27.1. The minimum atomic E-state index is -1.02. The molecule has 0 radical (unpaired) electrons. The summed E-state index contributed by atoms with van der Waals surface area (Å²) in [6.07, 6.45) is 4.81. The van der Waals surface area contributed by atoms with Gasteiger partial charge in [0.25, 0.3) is 5.91 Å². The van der Waals surface area contributed by atoms with Crippen LogP contribution in [0.15, 0.2) is 36.4 Å². The number of ether oxygens (including phenoxy) is 3. The molecule has 3 aliphatic rings. The summed E-state index contributed by atoms with van der Waals surface area (Å²) in [4.78, 5) is 66.2. The topological polar surface area (TPSA) is 132 Å². The van der Waals surface area contributed by atoms with Crippen molar-refractivity contribution in [3.8, 4) is 5.75 Å². The number of cyclic esters (lactones) is 1. The van der Waals surface area contributed by atoms with E-state index in [4.69, 9.17) is 14.2 Å². The van der Waals surface area contributed by atoms with Crippen molar-refractivity contribution in [2.45, 2.75) is 69.5 Å². The lowest BCUT2D eigenvalue weighted by molar-refractivity contribution is -0.164. The molecule has 5 atom stereocenters. The molecule has 1 aromatic carbocycles. The van der Waals surface area contributed by atoms with Gasteiger partial charge < -0.3 is 24.4 Å². The predicted molar refractivity (Wildman–Crippen MR) is 130 cm³/mol. The highest BCUT2D eigenvalue weighted by atomic mass is 16.7. The van der Waals surface area contributed by atoms with E-state index in [0.717, 1.165) is 0 Å². The van der Waals surface area contributed by atoms with E-state index in [1.807, 2.05) is 12.2 Å². The second-order valence-electron chi connectivity index (χ2n) is 9.11. The lowest BCUT2D eigenvalue weighted by Gasteiger charge is -2.38. The molecule has 3 heterocycles. The Morgan fingerprint density at radius 3 is 2.57 bits per heavy atom. The van der Waals surface area contributed by atoms with E-state index in [1.54, 1.807) is 31.2 Å². The number of rotatable bonds is 8. The lowest BCUT2D eigenvalue weighted by Crippen LogP contribution is -2.58. The van der Waals surface area contributed by atoms with E-state index >= 15 is 0 Å². The molecule has 11 nitrogen and oxygen atoms in total. The van der Waals surface area contributed by atoms with Gasteiger partial charge in [-0.05, 0) is 56.9 Å². The average Bonchev–Trinajstić information content (AvgIpc) is 3.47. The highest BCUT2D eigenvalue weighted by molar-refractivity contribution is 6.31. The summed E-state index contributed by atoms with van der Waals surface area (Å²) in [5.41, 5.74) is 0.364. The number of hydrogen-bond donors (Lipinski definition) is 1. The molecule has 37 heavy (non-hydrogen) atoms. The Labute approximate surface area is 214 Å². The number of carbonyl (C=O) groups excluding carboxylic acids is 5. The van der Waals surface area contributed by atoms with Gasteiger partial charge in [-0.15, -0.1) is 0 Å². The number of esters is 1. The van der Waals surface area contributed by atoms with Gasteiger partial charge in [0.05, 0.1) is 13.5 Å². The molecule has 1 N–H and O–H groups in total. The molecule has 2 unspecified atom stereocenters. The molecule has 2 fully saturated rings. The summed E-state index contributed by atoms with van der Waals surface area (Å²) >= 11 is 0. The summed E-state index contributed by atoms with van der Waals surface area (Å²) in [5.74, 6) is -1.61. The van der Waals surface area contributed by atoms with Crippen molar-refractivity contribution in [2.75, 3.05) is 18.6 Å². The number of benzene rings is 1. The van der Waals surface area contributed by atoms with Gasteiger partial charge in [-0.1, -0.05) is 12.2 Å². The minimum absolute atomic E-state index is 0.0229. The quantitative estimate of drug-likeness (QED) is 0.237. The van der Waals surface area contributed by atoms with Crippen LogP contribution in [0.3, 0.4) is 0 Å². The molecule has 2 saturated heterocycles. The molecule has 0 aliphatic carbocycles. The van der Waals surface area contributed by atoms with E-state index in [1.165, 1.54) is 16.9 Å². The van der Waals surface area contributed by atoms with Crippen molar-refractivity contribution in [1.82, 2.24) is 10.2 Å². The smallest absolute Gasteiger partial charge is 0.310 e. The van der Waals surface area contributed by atoms with Crippen LogP contribution in [0.2, 0.25) is 0 Å². The Hall–Kier alpha value is -3.73. The zero-order chi connectivity index (χ0) is 26.5. The van der Waals surface area contributed by atoms with Gasteiger partial charge in [0.2, 0.25) is 24.4 Å². The van der Waals surface area contributed by atoms with Crippen molar-refractivity contribution >= 4 is 35.7 Å². The highest BCUT2D eigenvalue weighted by Crippen LogP contribution is 2.33. The molecule has 3 amide bonds. The fourth-order valence-electron chi connectivity index (χ4n) is 5.18. The number of amides is 3. The molecule has 0 bridgehead atoms. The third-order valence-electron chi connectivity index (χ3n) is 6.90. The van der Waals surface area contributed by atoms with E-state index in [-0.39, 0.29) is 25.2 Å². The van der Waals surface area contributed by atoms with Crippen LogP contribution in [0.1, 0.15) is 39.0 Å². The van der Waals surface area contributed by atoms with Crippen LogP contribution in [0, 0.1) is 0 Å². The molecule has 0 saturated carbocycles. The maximum absolute atomic E-state index is 14.0. The summed E-state index contributed by atoms with van der Waals surface area (Å²) in [6, 6.07) is 3.76. The highest BCUT2D eigenvalue weighted by Gasteiger charge is 2.47. The number of hydrogen-bond acceptors (Lipinski definition) is 8. The molecule has 1 aromatic rings. The first-order valence-corrected chi connectivity index (χ1v) is 12.4. The molecule has 0 aromatic heterocycles. The van der Waals surface area contributed by atoms with E-state index in [2.05, 4.69) is 5.32 Å². The summed E-state index contributed by atoms with van der Waals surface area (Å²) in [6.45, 7) is 2.06. The Balaban J connectivity index is 1.60. The van der Waals surface area contributed by atoms with E-state index in [9.17, 15) is 24.0 Å². The maximum Gasteiger partial charge on any atom is 0.310 e. The minimum Gasteiger partial charge on any atom is -0.497 e. The maximum atomic E-state index is 14.0. The standard InChI is InChI=1S/C26H31N3O8/c1-3-36-26-19(14-23(32)37-26)27-24(33)20-13-10-16-6-4-5-7-21(25(34)29(16)20)28(22(31)15-30)17-8-11-18(35-2)12-9-17/h4-5,8-9,11-12,15-16,19-21,26H,3,6-7,10,13-14H2,1-2H3,(H,27,33)/t16-,19?,20+,21+,26?/m1/s1. The number of nitrogens with zero attached hydrogens (tertiary/aromatic N) is 2. The third-order valence-corrected chi connectivity index (χ3v) is 6.90. The number of methoxy groups -OCH3 is 1. The van der Waals surface area contributed by atoms with Crippen LogP contribution in [-0.4, -0.2) is 79.1 Å². The van der Waals surface area contributed by atoms with Crippen molar-refractivity contribution in [3.63, 3.8) is 0 Å². The van der Waals surface area contributed by atoms with Crippen LogP contribution >= 0.6 is 0 Å². The largest absolute Gasteiger partial charge is 0.497 e. The number of fused-ring (bicyclic) bond motifs is 1. The molecule has 198 valence electrons. The average molecular weight is 514 g/mol. The van der Waals surface area contributed by atoms with Crippen LogP contribution in [0.25, 0.3) is 0 Å². The first-order valence-electron chi connectivity index (χ1n) is 12.4. The first kappa shape index (κ1) is 26.3. The zero-order valence-corrected chi connectivity index (χ0v) is 20.8. The number of anilines is 1. The Kier molecular flexibility index (Phi) is 8.22. The Morgan fingerprint density at radius 2 is 1.89 bits per heavy atom. The van der Waals surface area contributed by atoms with E-state index in [0.29, 0.717) is 37.3 Å². The Morgan fingerprint density at radius 1 is 1.16 bits per heavy atom. The van der Waals surface area contributed by atoms with Crippen LogP contribution in [0.4, 0.5) is 5.69 Å². The monoisotopic (exact) mass is 513 g/mol. The SMILES string of the molecule is CCOC1OC(=O)CC1NC(=O)[C@@H]1CC[C@H]2CC=CC[C@H](N(C(=O)C=O)c3ccc(OC)cc3)C(=O)N21. The van der Waals surface area contributed by atoms with Crippen molar-refractivity contribution in [3.05, 3.63) is 36.4 Å². The second-order valence-corrected chi connectivity index (χ2v) is 9.11. The molecule has 0 spiro atoms. The van der Waals surface area contributed by atoms with Gasteiger partial charge in [-0.2, -0.15) is 0 Å². The second kappa shape index (κ2) is 11.5. The fourth-order valence-corrected chi connectivity index (χ4v) is 5.18. The van der Waals surface area contributed by atoms with Crippen molar-refractivity contribution in [2.24, 2.45) is 0 Å². The Bertz CT molecular complexity index is 1070. The van der Waals surface area contributed by atoms with Gasteiger partial charge >= 0.3 is 5.97 Å². The summed E-state index contributed by atoms with van der Waals surface area (Å²) < 4.78 is 15.8. The molecular weight excluding hydrogens is 482 g/mol. The number of aldehydes is 1. The van der Waals surface area contributed by atoms with Gasteiger partial charge in [0.15, 0.2) is 0 Å². The van der Waals surface area contributed by atoms with Gasteiger partial charge in [-0.3, -0.25) is 28.9 Å². The van der Waals surface area contributed by atoms with Crippen molar-refractivity contribution < 1.29 is 38.2 Å². The van der Waals surface area contributed by atoms with Gasteiger partial charge in [0.1, 0.15) is 23.9 Å². The lowest BCUT2D eigenvalue weighted by atomic mass is 10.0. The first-order chi connectivity index (χ1) is 17.9. The molecular formula is C26H31N3O8. The summed E-state index contributed by atoms with van der Waals surface area (Å²) in [7, 11) is 1.51. The number of nitrogens with one attached hydrogen (secondary N) is 1. The zero-order valence-electron chi connectivity index (χ0n) is 20.8. The van der Waals surface area contributed by atoms with Crippen LogP contribution in [0.5, 0.6) is 5.75 Å². The molecule has 4 rings (SSSR count). The van der Waals surface area contributed by atoms with Gasteiger partial charge in [-0.25, -0.2) is 0 Å². The number of carbonyl (C=O) groups is 5. The van der Waals surface area contributed by atoms with Crippen molar-refractivity contribution in [1.29, 1.82) is 0 Å². The van der Waals surface area contributed by atoms with E-state index < -0.39 is 48.1 Å². The van der Waals surface area contributed by atoms with Crippen LogP contribution < -0.4 is 15.0 Å². The molecule has 3 aliphatic heterocycles. The third kappa shape index (κ3) is 5.51. The summed E-state index contributed by atoms with van der Waals surface area (Å²) in [5, 5.41) is 2.83. The van der Waals surface area contributed by atoms with Gasteiger partial charge in [0, 0.05) is 18.3 Å². The molecule has 11 heteroatoms. The van der Waals surface area contributed by atoms with Crippen LogP contribution in [-0.2, 0) is 33.4 Å². The predicted octanol–water partition coefficient (Wildman–Crippen LogP) is 1.10. The fraction of sp³-hybridized carbons (Fsp3) is 0.500.